The Hall–Kier alpha value is -2.37. The third-order valence-electron chi connectivity index (χ3n) is 2.72. The Kier molecular flexibility index (Phi) is 4.49. The van der Waals surface area contributed by atoms with Crippen LogP contribution in [-0.4, -0.2) is 27.0 Å². The van der Waals surface area contributed by atoms with E-state index in [1.54, 1.807) is 30.7 Å². The smallest absolute Gasteiger partial charge is 0.250 e. The number of nitrogens with one attached hydrogen (secondary N) is 2. The first-order valence-electron chi connectivity index (χ1n) is 6.16. The van der Waals surface area contributed by atoms with Crippen molar-refractivity contribution in [3.63, 3.8) is 0 Å². The molecule has 2 heterocycles. The van der Waals surface area contributed by atoms with Crippen molar-refractivity contribution in [2.75, 3.05) is 6.54 Å². The molecule has 0 aliphatic carbocycles. The van der Waals surface area contributed by atoms with Gasteiger partial charge < -0.3 is 14.9 Å². The standard InChI is InChI=1S/C13H16N4O2/c18-12(16-6-4-11-14-7-8-15-11)5-10-17-9-2-1-3-13(17)19/h1-3,7-9H,4-6,10H2,(H,14,15)(H,16,18). The molecule has 6 nitrogen and oxygen atoms in total. The summed E-state index contributed by atoms with van der Waals surface area (Å²) in [7, 11) is 0. The molecule has 6 heteroatoms. The van der Waals surface area contributed by atoms with Gasteiger partial charge in [-0.25, -0.2) is 4.98 Å². The zero-order valence-corrected chi connectivity index (χ0v) is 10.5. The minimum Gasteiger partial charge on any atom is -0.356 e. The van der Waals surface area contributed by atoms with Crippen LogP contribution < -0.4 is 10.9 Å². The number of aryl methyl sites for hydroxylation is 1. The molecule has 0 fully saturated rings. The maximum atomic E-state index is 11.6. The first kappa shape index (κ1) is 13.1. The molecule has 2 aromatic heterocycles. The largest absolute Gasteiger partial charge is 0.356 e. The van der Waals surface area contributed by atoms with Gasteiger partial charge in [0.15, 0.2) is 0 Å². The maximum absolute atomic E-state index is 11.6. The number of aromatic amines is 1. The molecule has 0 atom stereocenters. The van der Waals surface area contributed by atoms with Gasteiger partial charge in [0.1, 0.15) is 5.82 Å². The van der Waals surface area contributed by atoms with Crippen LogP contribution in [0.3, 0.4) is 0 Å². The molecular weight excluding hydrogens is 244 g/mol. The molecule has 0 aromatic carbocycles. The van der Waals surface area contributed by atoms with Gasteiger partial charge in [0.25, 0.3) is 5.56 Å². The van der Waals surface area contributed by atoms with Gasteiger partial charge in [0, 0.05) is 50.6 Å². The van der Waals surface area contributed by atoms with Gasteiger partial charge in [0.2, 0.25) is 5.91 Å². The first-order valence-corrected chi connectivity index (χ1v) is 6.16. The Morgan fingerprint density at radius 1 is 1.42 bits per heavy atom. The molecule has 2 N–H and O–H groups in total. The lowest BCUT2D eigenvalue weighted by Gasteiger charge is -2.06. The maximum Gasteiger partial charge on any atom is 0.250 e. The number of H-pyrrole nitrogens is 1. The lowest BCUT2D eigenvalue weighted by Crippen LogP contribution is -2.28. The summed E-state index contributed by atoms with van der Waals surface area (Å²) in [5.41, 5.74) is -0.0918. The fourth-order valence-corrected chi connectivity index (χ4v) is 1.71. The highest BCUT2D eigenvalue weighted by atomic mass is 16.1. The number of hydrogen-bond acceptors (Lipinski definition) is 3. The van der Waals surface area contributed by atoms with Crippen molar-refractivity contribution < 1.29 is 4.79 Å². The van der Waals surface area contributed by atoms with E-state index in [4.69, 9.17) is 0 Å². The Labute approximate surface area is 110 Å². The van der Waals surface area contributed by atoms with Crippen LogP contribution in [0.5, 0.6) is 0 Å². The fourth-order valence-electron chi connectivity index (χ4n) is 1.71. The molecule has 0 aliphatic heterocycles. The number of pyridine rings is 1. The van der Waals surface area contributed by atoms with Crippen LogP contribution in [-0.2, 0) is 17.8 Å². The summed E-state index contributed by atoms with van der Waals surface area (Å²) < 4.78 is 1.52. The topological polar surface area (TPSA) is 79.8 Å². The van der Waals surface area contributed by atoms with Gasteiger partial charge in [-0.2, -0.15) is 0 Å². The highest BCUT2D eigenvalue weighted by Crippen LogP contribution is 1.90. The van der Waals surface area contributed by atoms with Crippen LogP contribution in [0.15, 0.2) is 41.6 Å². The van der Waals surface area contributed by atoms with Gasteiger partial charge in [-0.1, -0.05) is 6.07 Å². The molecule has 0 unspecified atom stereocenters. The van der Waals surface area contributed by atoms with Crippen LogP contribution in [0, 0.1) is 0 Å². The number of carbonyl (C=O) groups is 1. The molecule has 0 spiro atoms. The summed E-state index contributed by atoms with van der Waals surface area (Å²) in [5.74, 6) is 0.780. The van der Waals surface area contributed by atoms with E-state index in [-0.39, 0.29) is 11.5 Å². The third kappa shape index (κ3) is 4.09. The van der Waals surface area contributed by atoms with E-state index in [2.05, 4.69) is 15.3 Å². The van der Waals surface area contributed by atoms with Gasteiger partial charge >= 0.3 is 0 Å². The predicted octanol–water partition coefficient (Wildman–Crippen LogP) is 0.320. The number of rotatable bonds is 6. The highest BCUT2D eigenvalue weighted by Gasteiger charge is 2.02. The van der Waals surface area contributed by atoms with E-state index in [1.165, 1.54) is 10.6 Å². The molecule has 2 rings (SSSR count). The van der Waals surface area contributed by atoms with E-state index < -0.39 is 0 Å². The summed E-state index contributed by atoms with van der Waals surface area (Å²) in [5, 5.41) is 2.80. The van der Waals surface area contributed by atoms with Crippen LogP contribution >= 0.6 is 0 Å². The summed E-state index contributed by atoms with van der Waals surface area (Å²) in [6, 6.07) is 4.94. The van der Waals surface area contributed by atoms with Gasteiger partial charge in [-0.3, -0.25) is 9.59 Å². The molecule has 19 heavy (non-hydrogen) atoms. The van der Waals surface area contributed by atoms with E-state index in [1.807, 2.05) is 0 Å². The average Bonchev–Trinajstić information content (AvgIpc) is 2.91. The second-order valence-electron chi connectivity index (χ2n) is 4.12. The molecule has 0 bridgehead atoms. The number of amides is 1. The molecule has 1 amide bonds. The van der Waals surface area contributed by atoms with Crippen LogP contribution in [0.4, 0.5) is 0 Å². The zero-order chi connectivity index (χ0) is 13.5. The van der Waals surface area contributed by atoms with Crippen molar-refractivity contribution in [1.29, 1.82) is 0 Å². The second kappa shape index (κ2) is 6.53. The van der Waals surface area contributed by atoms with Gasteiger partial charge in [-0.15, -0.1) is 0 Å². The normalized spacial score (nSPS) is 10.3. The van der Waals surface area contributed by atoms with Crippen molar-refractivity contribution in [2.45, 2.75) is 19.4 Å². The van der Waals surface area contributed by atoms with E-state index in [0.717, 1.165) is 5.82 Å². The predicted molar refractivity (Wildman–Crippen MR) is 70.6 cm³/mol. The SMILES string of the molecule is O=C(CCn1ccccc1=O)NCCc1ncc[nH]1. The zero-order valence-electron chi connectivity index (χ0n) is 10.5. The molecular formula is C13H16N4O2. The van der Waals surface area contributed by atoms with Gasteiger partial charge in [0.05, 0.1) is 0 Å². The van der Waals surface area contributed by atoms with Crippen molar-refractivity contribution in [2.24, 2.45) is 0 Å². The fraction of sp³-hybridized carbons (Fsp3) is 0.308. The summed E-state index contributed by atoms with van der Waals surface area (Å²) in [6.45, 7) is 0.933. The number of imidazole rings is 1. The Morgan fingerprint density at radius 3 is 3.05 bits per heavy atom. The second-order valence-corrected chi connectivity index (χ2v) is 4.12. The van der Waals surface area contributed by atoms with Crippen LogP contribution in [0.2, 0.25) is 0 Å². The average molecular weight is 260 g/mol. The number of aromatic nitrogens is 3. The lowest BCUT2D eigenvalue weighted by molar-refractivity contribution is -0.121. The quantitative estimate of drug-likeness (QED) is 0.785. The summed E-state index contributed by atoms with van der Waals surface area (Å²) in [6.07, 6.45) is 6.07. The van der Waals surface area contributed by atoms with Crippen LogP contribution in [0.25, 0.3) is 0 Å². The molecule has 0 saturated carbocycles. The summed E-state index contributed by atoms with van der Waals surface area (Å²) in [4.78, 5) is 30.1. The van der Waals surface area contributed by atoms with Crippen molar-refractivity contribution in [3.8, 4) is 0 Å². The molecule has 0 radical (unpaired) electrons. The lowest BCUT2D eigenvalue weighted by atomic mass is 10.3. The third-order valence-corrected chi connectivity index (χ3v) is 2.72. The first-order chi connectivity index (χ1) is 9.25. The van der Waals surface area contributed by atoms with E-state index in [9.17, 15) is 9.59 Å². The van der Waals surface area contributed by atoms with Crippen molar-refractivity contribution >= 4 is 5.91 Å². The Morgan fingerprint density at radius 2 is 2.32 bits per heavy atom. The highest BCUT2D eigenvalue weighted by molar-refractivity contribution is 5.75. The monoisotopic (exact) mass is 260 g/mol. The van der Waals surface area contributed by atoms with E-state index >= 15 is 0 Å². The number of nitrogens with zero attached hydrogens (tertiary/aromatic N) is 2. The minimum atomic E-state index is -0.0918. The van der Waals surface area contributed by atoms with Crippen LogP contribution in [0.1, 0.15) is 12.2 Å². The Balaban J connectivity index is 1.70. The van der Waals surface area contributed by atoms with Crippen molar-refractivity contribution in [1.82, 2.24) is 19.9 Å². The molecule has 2 aromatic rings. The Bertz CT molecular complexity index is 574. The van der Waals surface area contributed by atoms with Crippen molar-refractivity contribution in [3.05, 3.63) is 53.0 Å². The van der Waals surface area contributed by atoms with Gasteiger partial charge in [-0.05, 0) is 6.07 Å². The molecule has 100 valence electrons. The number of carbonyl (C=O) groups excluding carboxylic acids is 1. The molecule has 0 saturated heterocycles. The molecule has 0 aliphatic rings. The van der Waals surface area contributed by atoms with E-state index in [0.29, 0.717) is 25.9 Å². The summed E-state index contributed by atoms with van der Waals surface area (Å²) >= 11 is 0. The minimum absolute atomic E-state index is 0.0673. The number of hydrogen-bond donors (Lipinski definition) is 2.